The first-order valence-electron chi connectivity index (χ1n) is 7.36. The summed E-state index contributed by atoms with van der Waals surface area (Å²) in [6, 6.07) is 8.91. The van der Waals surface area contributed by atoms with E-state index in [1.54, 1.807) is 25.6 Å². The van der Waals surface area contributed by atoms with Crippen molar-refractivity contribution < 1.29 is 32.6 Å². The Balaban J connectivity index is 0.00000121. The molecule has 0 nitrogen and oxygen atoms in total. The van der Waals surface area contributed by atoms with E-state index in [2.05, 4.69) is 71.0 Å². The molecule has 0 spiro atoms. The minimum Gasteiger partial charge on any atom is -1.00 e. The Bertz CT molecular complexity index is 666. The SMILES string of the molecule is CC1=C(C)C(C)(C)[C]([Zr+2][CH]2C=Cc3ccccc32)=C1C.[F-].[F-]. The number of hydrogen-bond acceptors (Lipinski definition) is 0. The normalized spacial score (nSPS) is 21.2. The molecule has 3 heteroatoms. The molecule has 22 heavy (non-hydrogen) atoms. The number of rotatable bonds is 2. The Hall–Kier alpha value is -0.817. The Morgan fingerprint density at radius 3 is 2.18 bits per heavy atom. The molecule has 1 aromatic carbocycles. The van der Waals surface area contributed by atoms with Gasteiger partial charge in [-0.1, -0.05) is 0 Å². The van der Waals surface area contributed by atoms with Crippen molar-refractivity contribution in [3.8, 4) is 0 Å². The van der Waals surface area contributed by atoms with Crippen molar-refractivity contribution in [1.29, 1.82) is 0 Å². The van der Waals surface area contributed by atoms with Crippen LogP contribution in [0.25, 0.3) is 6.08 Å². The molecule has 2 aliphatic rings. The summed E-state index contributed by atoms with van der Waals surface area (Å²) in [5, 5.41) is 0. The summed E-state index contributed by atoms with van der Waals surface area (Å²) in [6.07, 6.45) is 4.78. The first-order chi connectivity index (χ1) is 9.43. The summed E-state index contributed by atoms with van der Waals surface area (Å²) in [5.41, 5.74) is 8.02. The number of halogens is 2. The third kappa shape index (κ3) is 2.85. The molecule has 0 fully saturated rings. The fraction of sp³-hybridized carbons (Fsp3) is 0.368. The van der Waals surface area contributed by atoms with Crippen molar-refractivity contribution >= 4 is 6.08 Å². The Labute approximate surface area is 143 Å². The third-order valence-corrected chi connectivity index (χ3v) is 10.3. The van der Waals surface area contributed by atoms with Gasteiger partial charge in [-0.3, -0.25) is 0 Å². The zero-order chi connectivity index (χ0) is 14.5. The second-order valence-electron chi connectivity index (χ2n) is 6.49. The van der Waals surface area contributed by atoms with Crippen LogP contribution in [0.2, 0.25) is 0 Å². The number of benzene rings is 1. The van der Waals surface area contributed by atoms with Gasteiger partial charge in [0.1, 0.15) is 0 Å². The molecule has 116 valence electrons. The van der Waals surface area contributed by atoms with Gasteiger partial charge in [0.05, 0.1) is 0 Å². The fourth-order valence-electron chi connectivity index (χ4n) is 3.41. The smallest absolute Gasteiger partial charge is 1.00 e. The average molecular weight is 380 g/mol. The van der Waals surface area contributed by atoms with Gasteiger partial charge >= 0.3 is 134 Å². The van der Waals surface area contributed by atoms with Gasteiger partial charge in [-0.25, -0.2) is 0 Å². The van der Waals surface area contributed by atoms with Gasteiger partial charge in [0, 0.05) is 0 Å². The van der Waals surface area contributed by atoms with Crippen LogP contribution in [0.15, 0.2) is 50.3 Å². The Morgan fingerprint density at radius 1 is 0.955 bits per heavy atom. The molecule has 1 unspecified atom stereocenters. The second-order valence-corrected chi connectivity index (χ2v) is 9.95. The first kappa shape index (κ1) is 19.2. The van der Waals surface area contributed by atoms with Crippen LogP contribution >= 0.6 is 0 Å². The standard InChI is InChI=1S/C10H15.C9H7.2FH.Zr/c1-7-6-10(4,5)9(3)8(7)2;1-2-5-9-7-3-6-8(9)4-1;;;/h1-5H3;1-7H;2*1H;/q;;;;+2/p-2. The summed E-state index contributed by atoms with van der Waals surface area (Å²) >= 11 is -0.636. The molecular weight excluding hydrogens is 357 g/mol. The largest absolute Gasteiger partial charge is 1.00 e. The topological polar surface area (TPSA) is 0 Å². The molecule has 0 aromatic heterocycles. The molecular formula is C19H22F2Zr. The zero-order valence-electron chi connectivity index (χ0n) is 13.8. The summed E-state index contributed by atoms with van der Waals surface area (Å²) in [6.45, 7) is 11.8. The monoisotopic (exact) mass is 378 g/mol. The summed E-state index contributed by atoms with van der Waals surface area (Å²) in [4.78, 5) is 0. The zero-order valence-corrected chi connectivity index (χ0v) is 16.3. The van der Waals surface area contributed by atoms with Crippen LogP contribution in [0.3, 0.4) is 0 Å². The van der Waals surface area contributed by atoms with Gasteiger partial charge in [-0.2, -0.15) is 0 Å². The second kappa shape index (κ2) is 6.75. The molecule has 2 aliphatic carbocycles. The number of fused-ring (bicyclic) bond motifs is 1. The quantitative estimate of drug-likeness (QED) is 0.650. The molecule has 0 bridgehead atoms. The molecule has 3 rings (SSSR count). The maximum atomic E-state index is 2.45. The van der Waals surface area contributed by atoms with Crippen LogP contribution in [0.5, 0.6) is 0 Å². The first-order valence-corrected chi connectivity index (χ1v) is 10.0. The van der Waals surface area contributed by atoms with E-state index < -0.39 is 23.2 Å². The van der Waals surface area contributed by atoms with E-state index in [1.165, 1.54) is 5.56 Å². The van der Waals surface area contributed by atoms with E-state index in [1.807, 2.05) is 0 Å². The molecule has 0 saturated carbocycles. The van der Waals surface area contributed by atoms with Crippen molar-refractivity contribution in [3.05, 3.63) is 61.5 Å². The van der Waals surface area contributed by atoms with Crippen molar-refractivity contribution in [2.75, 3.05) is 0 Å². The van der Waals surface area contributed by atoms with Gasteiger partial charge in [0.15, 0.2) is 0 Å². The van der Waals surface area contributed by atoms with E-state index in [0.29, 0.717) is 5.41 Å². The van der Waals surface area contributed by atoms with Gasteiger partial charge in [0.2, 0.25) is 0 Å². The summed E-state index contributed by atoms with van der Waals surface area (Å²) in [7, 11) is 0. The summed E-state index contributed by atoms with van der Waals surface area (Å²) < 4.78 is 2.51. The van der Waals surface area contributed by atoms with Crippen molar-refractivity contribution in [3.63, 3.8) is 0 Å². The average Bonchev–Trinajstić information content (AvgIpc) is 2.90. The van der Waals surface area contributed by atoms with E-state index >= 15 is 0 Å². The van der Waals surface area contributed by atoms with E-state index in [0.717, 1.165) is 3.63 Å². The van der Waals surface area contributed by atoms with E-state index in [4.69, 9.17) is 0 Å². The Morgan fingerprint density at radius 2 is 1.59 bits per heavy atom. The molecule has 0 amide bonds. The molecule has 0 saturated heterocycles. The number of allylic oxidation sites excluding steroid dienone is 5. The van der Waals surface area contributed by atoms with Crippen LogP contribution in [0.4, 0.5) is 0 Å². The molecule has 1 aromatic rings. The number of hydrogen-bond donors (Lipinski definition) is 0. The van der Waals surface area contributed by atoms with Gasteiger partial charge in [0.25, 0.3) is 0 Å². The van der Waals surface area contributed by atoms with Crippen LogP contribution in [-0.2, 0) is 23.2 Å². The van der Waals surface area contributed by atoms with Crippen LogP contribution in [-0.4, -0.2) is 0 Å². The van der Waals surface area contributed by atoms with Gasteiger partial charge < -0.3 is 9.41 Å². The van der Waals surface area contributed by atoms with Gasteiger partial charge in [-0.15, -0.1) is 0 Å². The predicted octanol–water partition coefficient (Wildman–Crippen LogP) is -0.505. The van der Waals surface area contributed by atoms with Crippen molar-refractivity contribution in [2.24, 2.45) is 5.41 Å². The molecule has 0 radical (unpaired) electrons. The van der Waals surface area contributed by atoms with Crippen molar-refractivity contribution in [2.45, 2.75) is 38.2 Å². The molecule has 1 atom stereocenters. The summed E-state index contributed by atoms with van der Waals surface area (Å²) in [5.74, 6) is 0. The molecule has 0 N–H and O–H groups in total. The van der Waals surface area contributed by atoms with E-state index in [9.17, 15) is 0 Å². The molecule has 0 aliphatic heterocycles. The van der Waals surface area contributed by atoms with Crippen LogP contribution in [0, 0.1) is 5.41 Å². The van der Waals surface area contributed by atoms with Gasteiger partial charge in [-0.05, 0) is 0 Å². The maximum Gasteiger partial charge on any atom is -1.00 e. The maximum absolute atomic E-state index is 2.45. The van der Waals surface area contributed by atoms with Crippen LogP contribution < -0.4 is 9.41 Å². The minimum atomic E-state index is -0.636. The van der Waals surface area contributed by atoms with Crippen LogP contribution in [0.1, 0.15) is 49.4 Å². The minimum absolute atomic E-state index is 0. The fourth-order valence-corrected chi connectivity index (χ4v) is 8.02. The van der Waals surface area contributed by atoms with E-state index in [-0.39, 0.29) is 9.41 Å². The molecule has 0 heterocycles. The Kier molecular flexibility index (Phi) is 5.90. The van der Waals surface area contributed by atoms with Crippen molar-refractivity contribution in [1.82, 2.24) is 0 Å². The predicted molar refractivity (Wildman–Crippen MR) is 83.1 cm³/mol. The third-order valence-electron chi connectivity index (χ3n) is 5.16.